The Labute approximate surface area is 106 Å². The van der Waals surface area contributed by atoms with E-state index in [0.29, 0.717) is 23.6 Å². The van der Waals surface area contributed by atoms with Crippen LogP contribution in [0.3, 0.4) is 0 Å². The smallest absolute Gasteiger partial charge is 0.127 e. The standard InChI is InChI=1S/C13H17ClFNO/c14-11-3-2-10(12(15)8-11)9-13(16)4-1-6-17-7-5-13/h2-3,8H,1,4-7,9,16H2. The summed E-state index contributed by atoms with van der Waals surface area (Å²) in [6.45, 7) is 1.41. The fourth-order valence-corrected chi connectivity index (χ4v) is 2.41. The minimum Gasteiger partial charge on any atom is -0.381 e. The normalized spacial score (nSPS) is 25.6. The molecule has 0 amide bonds. The highest BCUT2D eigenvalue weighted by Gasteiger charge is 2.27. The lowest BCUT2D eigenvalue weighted by atomic mass is 9.85. The van der Waals surface area contributed by atoms with Gasteiger partial charge in [0, 0.05) is 23.8 Å². The molecule has 17 heavy (non-hydrogen) atoms. The number of hydrogen-bond acceptors (Lipinski definition) is 2. The maximum Gasteiger partial charge on any atom is 0.127 e. The molecule has 0 aromatic heterocycles. The van der Waals surface area contributed by atoms with Gasteiger partial charge in [-0.1, -0.05) is 17.7 Å². The molecule has 94 valence electrons. The average molecular weight is 258 g/mol. The topological polar surface area (TPSA) is 35.2 Å². The number of halogens is 2. The molecule has 1 saturated heterocycles. The molecule has 1 unspecified atom stereocenters. The van der Waals surface area contributed by atoms with Crippen LogP contribution in [0.25, 0.3) is 0 Å². The summed E-state index contributed by atoms with van der Waals surface area (Å²) in [4.78, 5) is 0. The SMILES string of the molecule is NC1(Cc2ccc(Cl)cc2F)CCCOCC1. The van der Waals surface area contributed by atoms with Gasteiger partial charge in [0.05, 0.1) is 0 Å². The third-order valence-corrected chi connectivity index (χ3v) is 3.50. The molecule has 0 saturated carbocycles. The number of nitrogens with two attached hydrogens (primary N) is 1. The lowest BCUT2D eigenvalue weighted by Crippen LogP contribution is -2.42. The van der Waals surface area contributed by atoms with Crippen molar-refractivity contribution in [3.63, 3.8) is 0 Å². The fraction of sp³-hybridized carbons (Fsp3) is 0.538. The Bertz CT molecular complexity index is 389. The van der Waals surface area contributed by atoms with Gasteiger partial charge in [0.2, 0.25) is 0 Å². The molecule has 1 aliphatic rings. The van der Waals surface area contributed by atoms with E-state index in [1.54, 1.807) is 12.1 Å². The van der Waals surface area contributed by atoms with Gasteiger partial charge < -0.3 is 10.5 Å². The van der Waals surface area contributed by atoms with Crippen LogP contribution < -0.4 is 5.73 Å². The molecular weight excluding hydrogens is 241 g/mol. The van der Waals surface area contributed by atoms with Crippen LogP contribution in [0.4, 0.5) is 4.39 Å². The van der Waals surface area contributed by atoms with Crippen molar-refractivity contribution in [3.8, 4) is 0 Å². The van der Waals surface area contributed by atoms with Gasteiger partial charge >= 0.3 is 0 Å². The van der Waals surface area contributed by atoms with Gasteiger partial charge in [-0.3, -0.25) is 0 Å². The monoisotopic (exact) mass is 257 g/mol. The molecular formula is C13H17ClFNO. The van der Waals surface area contributed by atoms with E-state index in [0.717, 1.165) is 25.9 Å². The van der Waals surface area contributed by atoms with Gasteiger partial charge in [-0.2, -0.15) is 0 Å². The zero-order valence-corrected chi connectivity index (χ0v) is 10.5. The minimum atomic E-state index is -0.356. The largest absolute Gasteiger partial charge is 0.381 e. The Morgan fingerprint density at radius 3 is 2.94 bits per heavy atom. The zero-order chi connectivity index (χ0) is 12.3. The molecule has 0 bridgehead atoms. The first kappa shape index (κ1) is 12.8. The Kier molecular flexibility index (Phi) is 4.02. The van der Waals surface area contributed by atoms with Crippen molar-refractivity contribution >= 4 is 11.6 Å². The molecule has 1 fully saturated rings. The number of ether oxygens (including phenoxy) is 1. The van der Waals surface area contributed by atoms with E-state index in [4.69, 9.17) is 22.1 Å². The van der Waals surface area contributed by atoms with E-state index in [1.807, 2.05) is 0 Å². The molecule has 1 heterocycles. The van der Waals surface area contributed by atoms with E-state index in [9.17, 15) is 4.39 Å². The fourth-order valence-electron chi connectivity index (χ4n) is 2.25. The van der Waals surface area contributed by atoms with Crippen molar-refractivity contribution < 1.29 is 9.13 Å². The van der Waals surface area contributed by atoms with Gasteiger partial charge in [-0.15, -0.1) is 0 Å². The summed E-state index contributed by atoms with van der Waals surface area (Å²) in [6.07, 6.45) is 3.12. The van der Waals surface area contributed by atoms with Crippen LogP contribution in [0.2, 0.25) is 5.02 Å². The van der Waals surface area contributed by atoms with Gasteiger partial charge in [0.1, 0.15) is 5.82 Å². The van der Waals surface area contributed by atoms with Crippen molar-refractivity contribution in [2.45, 2.75) is 31.2 Å². The molecule has 1 aromatic carbocycles. The van der Waals surface area contributed by atoms with Gasteiger partial charge in [-0.05, 0) is 43.4 Å². The Morgan fingerprint density at radius 1 is 1.35 bits per heavy atom. The third-order valence-electron chi connectivity index (χ3n) is 3.27. The van der Waals surface area contributed by atoms with Crippen LogP contribution in [0.1, 0.15) is 24.8 Å². The highest BCUT2D eigenvalue weighted by Crippen LogP contribution is 2.25. The summed E-state index contributed by atoms with van der Waals surface area (Å²) < 4.78 is 19.1. The Hall–Kier alpha value is -0.640. The van der Waals surface area contributed by atoms with Gasteiger partial charge in [0.25, 0.3) is 0 Å². The number of hydrogen-bond donors (Lipinski definition) is 1. The van der Waals surface area contributed by atoms with Crippen molar-refractivity contribution in [2.24, 2.45) is 5.73 Å². The second-order valence-corrected chi connectivity index (χ2v) is 5.18. The van der Waals surface area contributed by atoms with Crippen molar-refractivity contribution in [2.75, 3.05) is 13.2 Å². The predicted molar refractivity (Wildman–Crippen MR) is 66.7 cm³/mol. The van der Waals surface area contributed by atoms with Crippen molar-refractivity contribution in [1.29, 1.82) is 0 Å². The average Bonchev–Trinajstić information content (AvgIpc) is 2.48. The van der Waals surface area contributed by atoms with E-state index in [1.165, 1.54) is 6.07 Å². The summed E-state index contributed by atoms with van der Waals surface area (Å²) >= 11 is 5.73. The second kappa shape index (κ2) is 5.34. The molecule has 1 aromatic rings. The van der Waals surface area contributed by atoms with E-state index in [-0.39, 0.29) is 11.4 Å². The van der Waals surface area contributed by atoms with Crippen LogP contribution in [-0.4, -0.2) is 18.8 Å². The van der Waals surface area contributed by atoms with Crippen LogP contribution in [0, 0.1) is 5.82 Å². The van der Waals surface area contributed by atoms with Crippen LogP contribution in [0.5, 0.6) is 0 Å². The minimum absolute atomic E-state index is 0.271. The summed E-state index contributed by atoms with van der Waals surface area (Å²) in [5.74, 6) is -0.271. The first-order valence-corrected chi connectivity index (χ1v) is 6.27. The van der Waals surface area contributed by atoms with E-state index < -0.39 is 0 Å². The molecule has 2 N–H and O–H groups in total. The summed E-state index contributed by atoms with van der Waals surface area (Å²) in [5.41, 5.74) is 6.60. The quantitative estimate of drug-likeness (QED) is 0.884. The highest BCUT2D eigenvalue weighted by molar-refractivity contribution is 6.30. The molecule has 2 rings (SSSR count). The highest BCUT2D eigenvalue weighted by atomic mass is 35.5. The molecule has 4 heteroatoms. The number of benzene rings is 1. The van der Waals surface area contributed by atoms with Crippen LogP contribution in [0.15, 0.2) is 18.2 Å². The Balaban J connectivity index is 2.12. The van der Waals surface area contributed by atoms with Crippen LogP contribution in [-0.2, 0) is 11.2 Å². The first-order valence-electron chi connectivity index (χ1n) is 5.90. The van der Waals surface area contributed by atoms with Gasteiger partial charge in [0.15, 0.2) is 0 Å². The van der Waals surface area contributed by atoms with E-state index in [2.05, 4.69) is 0 Å². The first-order chi connectivity index (χ1) is 8.09. The summed E-state index contributed by atoms with van der Waals surface area (Å²) in [6, 6.07) is 4.77. The predicted octanol–water partition coefficient (Wildman–Crippen LogP) is 2.92. The summed E-state index contributed by atoms with van der Waals surface area (Å²) in [7, 11) is 0. The molecule has 2 nitrogen and oxygen atoms in total. The summed E-state index contributed by atoms with van der Waals surface area (Å²) in [5, 5.41) is 0.418. The van der Waals surface area contributed by atoms with Gasteiger partial charge in [-0.25, -0.2) is 4.39 Å². The maximum absolute atomic E-state index is 13.7. The third kappa shape index (κ3) is 3.41. The molecule has 0 spiro atoms. The Morgan fingerprint density at radius 2 is 2.18 bits per heavy atom. The maximum atomic E-state index is 13.7. The second-order valence-electron chi connectivity index (χ2n) is 4.74. The number of rotatable bonds is 2. The van der Waals surface area contributed by atoms with Crippen LogP contribution >= 0.6 is 11.6 Å². The zero-order valence-electron chi connectivity index (χ0n) is 9.72. The molecule has 0 aliphatic carbocycles. The molecule has 1 atom stereocenters. The van der Waals surface area contributed by atoms with Crippen molar-refractivity contribution in [1.82, 2.24) is 0 Å². The molecule has 0 radical (unpaired) electrons. The lowest BCUT2D eigenvalue weighted by Gasteiger charge is -2.27. The van der Waals surface area contributed by atoms with Crippen molar-refractivity contribution in [3.05, 3.63) is 34.6 Å². The molecule has 1 aliphatic heterocycles. The lowest BCUT2D eigenvalue weighted by molar-refractivity contribution is 0.139. The van der Waals surface area contributed by atoms with E-state index >= 15 is 0 Å².